The molecule has 0 bridgehead atoms. The quantitative estimate of drug-likeness (QED) is 0.421. The van der Waals surface area contributed by atoms with E-state index in [9.17, 15) is 8.42 Å². The summed E-state index contributed by atoms with van der Waals surface area (Å²) in [5, 5.41) is 0. The van der Waals surface area contributed by atoms with Crippen LogP contribution in [0.15, 0.2) is 35.2 Å². The van der Waals surface area contributed by atoms with Crippen LogP contribution in [0.5, 0.6) is 0 Å². The molecule has 0 aliphatic rings. The molecule has 0 saturated carbocycles. The minimum Gasteiger partial charge on any atom is -0.282 e. The SMILES string of the molecule is CCCC[PH](C)(CCCC)CCCC.O=S(=O)(O)c1ccccc1. The predicted octanol–water partition coefficient (Wildman–Crippen LogP) is 5.70. The Bertz CT molecular complexity index is 493. The molecule has 0 atom stereocenters. The molecule has 0 spiro atoms. The average Bonchev–Trinajstić information content (AvgIpc) is 2.57. The van der Waals surface area contributed by atoms with E-state index in [0.29, 0.717) is 0 Å². The van der Waals surface area contributed by atoms with Crippen LogP contribution in [0.1, 0.15) is 59.3 Å². The summed E-state index contributed by atoms with van der Waals surface area (Å²) in [6.45, 7) is 9.63. The van der Waals surface area contributed by atoms with Gasteiger partial charge in [0, 0.05) is 0 Å². The third-order valence-corrected chi connectivity index (χ3v) is 9.99. The number of hydrogen-bond acceptors (Lipinski definition) is 2. The minimum absolute atomic E-state index is 0.0741. The molecule has 142 valence electrons. The van der Waals surface area contributed by atoms with Gasteiger partial charge in [0.15, 0.2) is 0 Å². The summed E-state index contributed by atoms with van der Waals surface area (Å²) in [7, 11) is -4.82. The molecule has 0 aromatic heterocycles. The van der Waals surface area contributed by atoms with Crippen molar-refractivity contribution < 1.29 is 13.0 Å². The van der Waals surface area contributed by atoms with E-state index >= 15 is 0 Å². The second-order valence-electron chi connectivity index (χ2n) is 6.91. The van der Waals surface area contributed by atoms with Crippen molar-refractivity contribution in [3.63, 3.8) is 0 Å². The average molecular weight is 377 g/mol. The van der Waals surface area contributed by atoms with E-state index in [1.807, 2.05) is 0 Å². The zero-order valence-electron chi connectivity index (χ0n) is 15.9. The van der Waals surface area contributed by atoms with Crippen LogP contribution in [-0.4, -0.2) is 38.1 Å². The Labute approximate surface area is 150 Å². The first kappa shape index (κ1) is 23.6. The molecule has 1 aromatic carbocycles. The fourth-order valence-electron chi connectivity index (χ4n) is 2.78. The molecular weight excluding hydrogens is 339 g/mol. The first-order chi connectivity index (χ1) is 11.3. The van der Waals surface area contributed by atoms with E-state index in [1.165, 1.54) is 50.7 Å². The van der Waals surface area contributed by atoms with Gasteiger partial charge in [-0.05, 0) is 12.1 Å². The molecule has 0 aliphatic carbocycles. The summed E-state index contributed by atoms with van der Waals surface area (Å²) in [5.74, 6) is 0. The normalized spacial score (nSPS) is 12.4. The van der Waals surface area contributed by atoms with Gasteiger partial charge < -0.3 is 0 Å². The number of hydrogen-bond donors (Lipinski definition) is 1. The maximum atomic E-state index is 10.4. The Morgan fingerprint density at radius 2 is 1.21 bits per heavy atom. The van der Waals surface area contributed by atoms with Gasteiger partial charge in [-0.15, -0.1) is 0 Å². The van der Waals surface area contributed by atoms with Crippen molar-refractivity contribution in [2.45, 2.75) is 64.2 Å². The zero-order valence-corrected chi connectivity index (χ0v) is 17.7. The number of unbranched alkanes of at least 4 members (excludes halogenated alkanes) is 3. The summed E-state index contributed by atoms with van der Waals surface area (Å²) < 4.78 is 29.2. The van der Waals surface area contributed by atoms with Crippen molar-refractivity contribution in [2.75, 3.05) is 25.2 Å². The molecule has 0 saturated heterocycles. The van der Waals surface area contributed by atoms with Crippen LogP contribution in [-0.2, 0) is 10.1 Å². The van der Waals surface area contributed by atoms with E-state index in [0.717, 1.165) is 0 Å². The van der Waals surface area contributed by atoms with Gasteiger partial charge in [0.1, 0.15) is 0 Å². The van der Waals surface area contributed by atoms with Crippen molar-refractivity contribution in [1.29, 1.82) is 0 Å². The van der Waals surface area contributed by atoms with E-state index in [-0.39, 0.29) is 4.90 Å². The summed E-state index contributed by atoms with van der Waals surface area (Å²) >= 11 is 0. The molecule has 24 heavy (non-hydrogen) atoms. The van der Waals surface area contributed by atoms with Crippen molar-refractivity contribution in [2.24, 2.45) is 0 Å². The minimum atomic E-state index is -4.00. The fourth-order valence-corrected chi connectivity index (χ4v) is 7.65. The molecule has 0 amide bonds. The molecule has 0 aliphatic heterocycles. The second-order valence-corrected chi connectivity index (χ2v) is 13.5. The van der Waals surface area contributed by atoms with Crippen molar-refractivity contribution in [3.05, 3.63) is 30.3 Å². The first-order valence-electron chi connectivity index (χ1n) is 9.31. The van der Waals surface area contributed by atoms with Crippen LogP contribution in [0.2, 0.25) is 0 Å². The molecule has 5 heteroatoms. The predicted molar refractivity (Wildman–Crippen MR) is 110 cm³/mol. The summed E-state index contributed by atoms with van der Waals surface area (Å²) in [6, 6.07) is 7.42. The number of rotatable bonds is 10. The van der Waals surface area contributed by atoms with E-state index in [2.05, 4.69) is 27.4 Å². The van der Waals surface area contributed by atoms with Crippen molar-refractivity contribution >= 4 is 17.4 Å². The van der Waals surface area contributed by atoms with Gasteiger partial charge in [-0.3, -0.25) is 4.55 Å². The molecule has 0 heterocycles. The molecule has 3 nitrogen and oxygen atoms in total. The van der Waals surface area contributed by atoms with Crippen LogP contribution in [0.3, 0.4) is 0 Å². The van der Waals surface area contributed by atoms with Gasteiger partial charge >= 0.3 is 91.7 Å². The maximum Gasteiger partial charge on any atom is 0.294 e. The summed E-state index contributed by atoms with van der Waals surface area (Å²) in [4.78, 5) is -0.0741. The molecule has 1 aromatic rings. The van der Waals surface area contributed by atoms with Gasteiger partial charge in [0.25, 0.3) is 10.1 Å². The molecule has 1 N–H and O–H groups in total. The van der Waals surface area contributed by atoms with Gasteiger partial charge in [0.05, 0.1) is 4.90 Å². The van der Waals surface area contributed by atoms with E-state index < -0.39 is 17.4 Å². The van der Waals surface area contributed by atoms with Crippen LogP contribution < -0.4 is 0 Å². The third kappa shape index (κ3) is 11.2. The van der Waals surface area contributed by atoms with Crippen LogP contribution >= 0.6 is 7.26 Å². The first-order valence-corrected chi connectivity index (χ1v) is 13.9. The van der Waals surface area contributed by atoms with Gasteiger partial charge in [0.2, 0.25) is 0 Å². The van der Waals surface area contributed by atoms with Crippen LogP contribution in [0, 0.1) is 0 Å². The Morgan fingerprint density at radius 1 is 0.833 bits per heavy atom. The molecule has 1 rings (SSSR count). The Balaban J connectivity index is 0.000000463. The monoisotopic (exact) mass is 376 g/mol. The Morgan fingerprint density at radius 3 is 1.46 bits per heavy atom. The van der Waals surface area contributed by atoms with Crippen molar-refractivity contribution in [3.8, 4) is 0 Å². The molecular formula is C19H37O3PS. The number of benzene rings is 1. The Hall–Kier alpha value is -0.440. The molecule has 0 unspecified atom stereocenters. The topological polar surface area (TPSA) is 54.4 Å². The second kappa shape index (κ2) is 12.9. The third-order valence-electron chi connectivity index (χ3n) is 4.44. The Kier molecular flexibility index (Phi) is 12.6. The van der Waals surface area contributed by atoms with Gasteiger partial charge in [-0.2, -0.15) is 8.42 Å². The van der Waals surface area contributed by atoms with E-state index in [4.69, 9.17) is 4.55 Å². The largest absolute Gasteiger partial charge is 0.294 e. The van der Waals surface area contributed by atoms with E-state index in [1.54, 1.807) is 36.7 Å². The maximum absolute atomic E-state index is 10.4. The van der Waals surface area contributed by atoms with Crippen LogP contribution in [0.25, 0.3) is 0 Å². The fraction of sp³-hybridized carbons (Fsp3) is 0.684. The van der Waals surface area contributed by atoms with Crippen molar-refractivity contribution in [1.82, 2.24) is 0 Å². The standard InChI is InChI=1S/C13H31P.C6H6O3S/c1-5-8-11-14(4,12-9-6-2)13-10-7-3;7-10(8,9)6-4-2-1-3-5-6/h14H,5-13H2,1-4H3;1-5H,(H,7,8,9). The smallest absolute Gasteiger partial charge is 0.282 e. The summed E-state index contributed by atoms with van der Waals surface area (Å²) in [5.41, 5.74) is 0. The molecule has 0 fully saturated rings. The molecule has 0 radical (unpaired) electrons. The summed E-state index contributed by atoms with van der Waals surface area (Å²) in [6.07, 6.45) is 13.4. The van der Waals surface area contributed by atoms with Gasteiger partial charge in [-0.1, -0.05) is 18.2 Å². The zero-order chi connectivity index (χ0) is 18.5. The van der Waals surface area contributed by atoms with Gasteiger partial charge in [-0.25, -0.2) is 0 Å². The van der Waals surface area contributed by atoms with Crippen LogP contribution in [0.4, 0.5) is 0 Å².